The van der Waals surface area contributed by atoms with Crippen molar-refractivity contribution in [1.82, 2.24) is 10.6 Å². The summed E-state index contributed by atoms with van der Waals surface area (Å²) >= 11 is 2.22. The summed E-state index contributed by atoms with van der Waals surface area (Å²) < 4.78 is 1.11. The number of carbonyl (C=O) groups excluding carboxylic acids is 2. The Labute approximate surface area is 107 Å². The average Bonchev–Trinajstić information content (AvgIpc) is 2.39. The van der Waals surface area contributed by atoms with E-state index in [1.807, 2.05) is 24.3 Å². The number of carbonyl (C=O) groups is 2. The number of nitrogens with one attached hydrogen (secondary N) is 2. The molecule has 0 aromatic heterocycles. The highest BCUT2D eigenvalue weighted by atomic mass is 127. The number of benzene rings is 1. The van der Waals surface area contributed by atoms with Crippen molar-refractivity contribution in [3.63, 3.8) is 0 Å². The molecule has 1 saturated heterocycles. The highest BCUT2D eigenvalue weighted by Gasteiger charge is 2.41. The van der Waals surface area contributed by atoms with Crippen LogP contribution in [0.25, 0.3) is 0 Å². The van der Waals surface area contributed by atoms with Gasteiger partial charge in [0.1, 0.15) is 5.54 Å². The Hall–Kier alpha value is -1.11. The topological polar surface area (TPSA) is 58.2 Å². The Bertz CT molecular complexity index is 461. The molecule has 5 heteroatoms. The molecule has 0 unspecified atom stereocenters. The van der Waals surface area contributed by atoms with Crippen LogP contribution in [0.5, 0.6) is 0 Å². The summed E-state index contributed by atoms with van der Waals surface area (Å²) in [5.41, 5.74) is 0.202. The lowest BCUT2D eigenvalue weighted by Crippen LogP contribution is -2.45. The van der Waals surface area contributed by atoms with Gasteiger partial charge in [0.2, 0.25) is 0 Å². The van der Waals surface area contributed by atoms with Gasteiger partial charge in [-0.15, -0.1) is 0 Å². The van der Waals surface area contributed by atoms with Crippen molar-refractivity contribution < 1.29 is 9.59 Å². The first-order valence-corrected chi connectivity index (χ1v) is 5.95. The fraction of sp³-hybridized carbons (Fsp3) is 0.273. The van der Waals surface area contributed by atoms with Crippen molar-refractivity contribution in [1.29, 1.82) is 0 Å². The van der Waals surface area contributed by atoms with Gasteiger partial charge in [-0.2, -0.15) is 0 Å². The molecule has 0 saturated carbocycles. The molecule has 16 heavy (non-hydrogen) atoms. The smallest absolute Gasteiger partial charge is 0.322 e. The van der Waals surface area contributed by atoms with Crippen LogP contribution in [0, 0.1) is 3.57 Å². The Kier molecular flexibility index (Phi) is 2.88. The molecule has 0 spiro atoms. The number of halogens is 1. The van der Waals surface area contributed by atoms with E-state index in [0.717, 1.165) is 9.13 Å². The minimum atomic E-state index is -0.832. The quantitative estimate of drug-likeness (QED) is 0.637. The van der Waals surface area contributed by atoms with Crippen LogP contribution in [0.1, 0.15) is 12.5 Å². The van der Waals surface area contributed by atoms with Crippen LogP contribution in [0.4, 0.5) is 4.79 Å². The summed E-state index contributed by atoms with van der Waals surface area (Å²) in [6, 6.07) is 7.46. The molecule has 1 heterocycles. The molecule has 0 aliphatic carbocycles. The Morgan fingerprint density at radius 3 is 2.69 bits per heavy atom. The van der Waals surface area contributed by atoms with Gasteiger partial charge in [-0.25, -0.2) is 4.79 Å². The lowest BCUT2D eigenvalue weighted by Gasteiger charge is -2.20. The SMILES string of the molecule is C[C@@]1(Cc2cccc(I)c2)NC(=O)NC1=O. The number of urea groups is 1. The van der Waals surface area contributed by atoms with Crippen LogP contribution in [0.15, 0.2) is 24.3 Å². The van der Waals surface area contributed by atoms with Crippen molar-refractivity contribution in [2.75, 3.05) is 0 Å². The Morgan fingerprint density at radius 2 is 2.12 bits per heavy atom. The molecule has 84 valence electrons. The Balaban J connectivity index is 2.21. The van der Waals surface area contributed by atoms with E-state index in [2.05, 4.69) is 33.2 Å². The zero-order chi connectivity index (χ0) is 11.8. The molecule has 1 atom stereocenters. The van der Waals surface area contributed by atoms with Crippen LogP contribution < -0.4 is 10.6 Å². The van der Waals surface area contributed by atoms with Crippen molar-refractivity contribution in [3.8, 4) is 0 Å². The van der Waals surface area contributed by atoms with Gasteiger partial charge in [-0.05, 0) is 47.2 Å². The molecule has 1 fully saturated rings. The van der Waals surface area contributed by atoms with Crippen molar-refractivity contribution >= 4 is 34.5 Å². The monoisotopic (exact) mass is 330 g/mol. The molecule has 1 aliphatic heterocycles. The van der Waals surface area contributed by atoms with Crippen LogP contribution >= 0.6 is 22.6 Å². The van der Waals surface area contributed by atoms with Crippen LogP contribution in [0.2, 0.25) is 0 Å². The lowest BCUT2D eigenvalue weighted by molar-refractivity contribution is -0.123. The van der Waals surface area contributed by atoms with Gasteiger partial charge >= 0.3 is 6.03 Å². The molecule has 1 aliphatic rings. The van der Waals surface area contributed by atoms with Crippen molar-refractivity contribution in [3.05, 3.63) is 33.4 Å². The van der Waals surface area contributed by atoms with E-state index in [1.165, 1.54) is 0 Å². The first-order valence-electron chi connectivity index (χ1n) is 4.88. The van der Waals surface area contributed by atoms with Crippen LogP contribution in [-0.2, 0) is 11.2 Å². The third-order valence-corrected chi connectivity index (χ3v) is 3.24. The zero-order valence-corrected chi connectivity index (χ0v) is 10.9. The normalized spacial score (nSPS) is 24.1. The van der Waals surface area contributed by atoms with E-state index in [1.54, 1.807) is 6.92 Å². The molecule has 0 radical (unpaired) electrons. The minimum absolute atomic E-state index is 0.267. The number of rotatable bonds is 2. The van der Waals surface area contributed by atoms with Gasteiger partial charge in [-0.1, -0.05) is 12.1 Å². The molecule has 1 aromatic rings. The van der Waals surface area contributed by atoms with Crippen LogP contribution in [-0.4, -0.2) is 17.5 Å². The van der Waals surface area contributed by atoms with Gasteiger partial charge in [0, 0.05) is 9.99 Å². The van der Waals surface area contributed by atoms with Gasteiger partial charge in [0.25, 0.3) is 5.91 Å². The van der Waals surface area contributed by atoms with E-state index in [-0.39, 0.29) is 5.91 Å². The van der Waals surface area contributed by atoms with Gasteiger partial charge in [-0.3, -0.25) is 10.1 Å². The van der Waals surface area contributed by atoms with E-state index in [4.69, 9.17) is 0 Å². The number of amides is 3. The first kappa shape index (κ1) is 11.4. The van der Waals surface area contributed by atoms with Crippen LogP contribution in [0.3, 0.4) is 0 Å². The summed E-state index contributed by atoms with van der Waals surface area (Å²) in [7, 11) is 0. The Morgan fingerprint density at radius 1 is 1.38 bits per heavy atom. The molecular formula is C11H11IN2O2. The molecule has 2 rings (SSSR count). The summed E-state index contributed by atoms with van der Waals surface area (Å²) in [5, 5.41) is 4.90. The second kappa shape index (κ2) is 4.04. The van der Waals surface area contributed by atoms with E-state index < -0.39 is 11.6 Å². The van der Waals surface area contributed by atoms with E-state index in [0.29, 0.717) is 6.42 Å². The second-order valence-corrected chi connectivity index (χ2v) is 5.29. The highest BCUT2D eigenvalue weighted by molar-refractivity contribution is 14.1. The maximum absolute atomic E-state index is 11.6. The third kappa shape index (κ3) is 2.18. The van der Waals surface area contributed by atoms with Crippen molar-refractivity contribution in [2.45, 2.75) is 18.9 Å². The lowest BCUT2D eigenvalue weighted by atomic mass is 9.93. The first-order chi connectivity index (χ1) is 7.49. The second-order valence-electron chi connectivity index (χ2n) is 4.05. The van der Waals surface area contributed by atoms with Crippen molar-refractivity contribution in [2.24, 2.45) is 0 Å². The number of hydrogen-bond acceptors (Lipinski definition) is 2. The summed E-state index contributed by atoms with van der Waals surface area (Å²) in [6.07, 6.45) is 0.501. The number of hydrogen-bond donors (Lipinski definition) is 2. The van der Waals surface area contributed by atoms with Gasteiger partial charge in [0.15, 0.2) is 0 Å². The van der Waals surface area contributed by atoms with E-state index in [9.17, 15) is 9.59 Å². The predicted molar refractivity (Wildman–Crippen MR) is 67.9 cm³/mol. The maximum Gasteiger partial charge on any atom is 0.322 e. The summed E-state index contributed by atoms with van der Waals surface area (Å²) in [6.45, 7) is 1.73. The van der Waals surface area contributed by atoms with E-state index >= 15 is 0 Å². The summed E-state index contributed by atoms with van der Waals surface area (Å²) in [4.78, 5) is 22.7. The largest absolute Gasteiger partial charge is 0.323 e. The zero-order valence-electron chi connectivity index (χ0n) is 8.71. The highest BCUT2D eigenvalue weighted by Crippen LogP contribution is 2.18. The minimum Gasteiger partial charge on any atom is -0.323 e. The average molecular weight is 330 g/mol. The molecule has 4 nitrogen and oxygen atoms in total. The molecule has 1 aromatic carbocycles. The molecule has 0 bridgehead atoms. The maximum atomic E-state index is 11.6. The van der Waals surface area contributed by atoms with Gasteiger partial charge in [0.05, 0.1) is 0 Å². The standard InChI is InChI=1S/C11H11IN2O2/c1-11(9(15)13-10(16)14-11)6-7-3-2-4-8(12)5-7/h2-5H,6H2,1H3,(H2,13,14,15,16)/t11-/m0/s1. The number of imide groups is 1. The summed E-state index contributed by atoms with van der Waals surface area (Å²) in [5.74, 6) is -0.267. The predicted octanol–water partition coefficient (Wildman–Crippen LogP) is 1.43. The fourth-order valence-corrected chi connectivity index (χ4v) is 2.37. The molecule has 2 N–H and O–H groups in total. The third-order valence-electron chi connectivity index (χ3n) is 2.56. The fourth-order valence-electron chi connectivity index (χ4n) is 1.76. The molecular weight excluding hydrogens is 319 g/mol. The molecule has 3 amide bonds. The van der Waals surface area contributed by atoms with Gasteiger partial charge < -0.3 is 5.32 Å².